The highest BCUT2D eigenvalue weighted by molar-refractivity contribution is 6.31. The van der Waals surface area contributed by atoms with Crippen molar-refractivity contribution < 1.29 is 4.79 Å². The average molecular weight is 424 g/mol. The molecule has 0 saturated heterocycles. The van der Waals surface area contributed by atoms with Crippen LogP contribution in [0.2, 0.25) is 5.02 Å². The molecule has 6 heteroatoms. The van der Waals surface area contributed by atoms with Gasteiger partial charge in [0.1, 0.15) is 5.56 Å². The maximum atomic E-state index is 12.8. The number of nitrogens with one attached hydrogen (secondary N) is 2. The van der Waals surface area contributed by atoms with Gasteiger partial charge >= 0.3 is 0 Å². The van der Waals surface area contributed by atoms with Crippen LogP contribution >= 0.6 is 11.6 Å². The number of H-pyrrole nitrogens is 1. The van der Waals surface area contributed by atoms with E-state index in [-0.39, 0.29) is 11.6 Å². The van der Waals surface area contributed by atoms with E-state index in [2.05, 4.69) is 29.0 Å². The predicted molar refractivity (Wildman–Crippen MR) is 122 cm³/mol. The fraction of sp³-hybridized carbons (Fsp3) is 0.250. The maximum Gasteiger partial charge on any atom is 0.261 e. The number of benzene rings is 2. The molecular formula is C24H26ClN3O2. The molecule has 1 atom stereocenters. The van der Waals surface area contributed by atoms with Gasteiger partial charge in [-0.2, -0.15) is 0 Å². The number of amides is 1. The van der Waals surface area contributed by atoms with Crippen LogP contribution < -0.4 is 10.9 Å². The van der Waals surface area contributed by atoms with Crippen molar-refractivity contribution in [1.29, 1.82) is 0 Å². The molecule has 0 aliphatic rings. The fourth-order valence-corrected chi connectivity index (χ4v) is 3.83. The van der Waals surface area contributed by atoms with Gasteiger partial charge in [-0.15, -0.1) is 0 Å². The molecule has 0 aliphatic heterocycles. The SMILES string of the molecule is CCN(CC)C(CNC(=O)c1ccc(-c2ccccc2)[nH]c1=O)c1ccccc1Cl. The Balaban J connectivity index is 1.79. The molecule has 0 spiro atoms. The smallest absolute Gasteiger partial charge is 0.261 e. The molecule has 1 heterocycles. The number of rotatable bonds is 8. The van der Waals surface area contributed by atoms with Crippen molar-refractivity contribution in [2.24, 2.45) is 0 Å². The molecule has 0 radical (unpaired) electrons. The number of hydrogen-bond donors (Lipinski definition) is 2. The molecule has 2 N–H and O–H groups in total. The topological polar surface area (TPSA) is 65.2 Å². The Labute approximate surface area is 181 Å². The van der Waals surface area contributed by atoms with Crippen LogP contribution in [0.25, 0.3) is 11.3 Å². The summed E-state index contributed by atoms with van der Waals surface area (Å²) in [7, 11) is 0. The number of likely N-dealkylation sites (N-methyl/N-ethyl adjacent to an activating group) is 1. The van der Waals surface area contributed by atoms with Crippen LogP contribution in [0.3, 0.4) is 0 Å². The first-order valence-electron chi connectivity index (χ1n) is 10.1. The van der Waals surface area contributed by atoms with E-state index >= 15 is 0 Å². The van der Waals surface area contributed by atoms with Gasteiger partial charge in [0.05, 0.1) is 6.04 Å². The Morgan fingerprint density at radius 2 is 1.67 bits per heavy atom. The summed E-state index contributed by atoms with van der Waals surface area (Å²) in [6.07, 6.45) is 0. The Kier molecular flexibility index (Phi) is 7.44. The third kappa shape index (κ3) is 4.99. The summed E-state index contributed by atoms with van der Waals surface area (Å²) in [5, 5.41) is 3.58. The molecular weight excluding hydrogens is 398 g/mol. The van der Waals surface area contributed by atoms with E-state index in [4.69, 9.17) is 11.6 Å². The van der Waals surface area contributed by atoms with Crippen LogP contribution in [0.5, 0.6) is 0 Å². The van der Waals surface area contributed by atoms with Crippen molar-refractivity contribution in [3.8, 4) is 11.3 Å². The van der Waals surface area contributed by atoms with Crippen LogP contribution in [-0.4, -0.2) is 35.4 Å². The van der Waals surface area contributed by atoms with Crippen LogP contribution in [-0.2, 0) is 0 Å². The van der Waals surface area contributed by atoms with Crippen molar-refractivity contribution >= 4 is 17.5 Å². The second-order valence-electron chi connectivity index (χ2n) is 6.95. The Hall–Kier alpha value is -2.89. The summed E-state index contributed by atoms with van der Waals surface area (Å²) in [6.45, 7) is 6.12. The van der Waals surface area contributed by atoms with Gasteiger partial charge in [-0.3, -0.25) is 14.5 Å². The lowest BCUT2D eigenvalue weighted by Gasteiger charge is -2.30. The Morgan fingerprint density at radius 1 is 1.00 bits per heavy atom. The highest BCUT2D eigenvalue weighted by Gasteiger charge is 2.22. The average Bonchev–Trinajstić information content (AvgIpc) is 2.77. The van der Waals surface area contributed by atoms with Gasteiger partial charge in [0.2, 0.25) is 0 Å². The van der Waals surface area contributed by atoms with Crippen molar-refractivity contribution in [2.45, 2.75) is 19.9 Å². The van der Waals surface area contributed by atoms with Gasteiger partial charge in [-0.25, -0.2) is 0 Å². The fourth-order valence-electron chi connectivity index (χ4n) is 3.57. The molecule has 30 heavy (non-hydrogen) atoms. The molecule has 2 aromatic carbocycles. The Bertz CT molecular complexity index is 1050. The molecule has 1 amide bonds. The zero-order valence-corrected chi connectivity index (χ0v) is 17.9. The highest BCUT2D eigenvalue weighted by atomic mass is 35.5. The van der Waals surface area contributed by atoms with Gasteiger partial charge in [0.25, 0.3) is 11.5 Å². The highest BCUT2D eigenvalue weighted by Crippen LogP contribution is 2.27. The summed E-state index contributed by atoms with van der Waals surface area (Å²) < 4.78 is 0. The largest absolute Gasteiger partial charge is 0.350 e. The Morgan fingerprint density at radius 3 is 2.30 bits per heavy atom. The molecule has 3 rings (SSSR count). The van der Waals surface area contributed by atoms with Crippen molar-refractivity contribution in [1.82, 2.24) is 15.2 Å². The predicted octanol–water partition coefficient (Wildman–Crippen LogP) is 4.51. The van der Waals surface area contributed by atoms with Crippen molar-refractivity contribution in [3.63, 3.8) is 0 Å². The van der Waals surface area contributed by atoms with E-state index in [9.17, 15) is 9.59 Å². The molecule has 0 bridgehead atoms. The zero-order valence-electron chi connectivity index (χ0n) is 17.2. The molecule has 3 aromatic rings. The molecule has 1 aromatic heterocycles. The lowest BCUT2D eigenvalue weighted by Crippen LogP contribution is -2.39. The van der Waals surface area contributed by atoms with E-state index in [0.717, 1.165) is 24.2 Å². The standard InChI is InChI=1S/C24H26ClN3O2/c1-3-28(4-2)22(18-12-8-9-13-20(18)25)16-26-23(29)19-14-15-21(27-24(19)30)17-10-6-5-7-11-17/h5-15,22H,3-4,16H2,1-2H3,(H,26,29)(H,27,30). The van der Waals surface area contributed by atoms with Crippen molar-refractivity contribution in [2.75, 3.05) is 19.6 Å². The summed E-state index contributed by atoms with van der Waals surface area (Å²) in [5.74, 6) is -0.403. The molecule has 0 aliphatic carbocycles. The molecule has 0 fully saturated rings. The molecule has 0 saturated carbocycles. The number of hydrogen-bond acceptors (Lipinski definition) is 3. The van der Waals surface area contributed by atoms with Gasteiger partial charge in [-0.05, 0) is 42.4 Å². The third-order valence-electron chi connectivity index (χ3n) is 5.21. The van der Waals surface area contributed by atoms with E-state index in [1.807, 2.05) is 54.6 Å². The van der Waals surface area contributed by atoms with Crippen LogP contribution in [0.15, 0.2) is 71.5 Å². The third-order valence-corrected chi connectivity index (χ3v) is 5.56. The molecule has 156 valence electrons. The number of aromatic nitrogens is 1. The number of pyridine rings is 1. The quantitative estimate of drug-likeness (QED) is 0.560. The van der Waals surface area contributed by atoms with Crippen LogP contribution in [0.1, 0.15) is 35.8 Å². The van der Waals surface area contributed by atoms with Gasteiger partial charge in [0.15, 0.2) is 0 Å². The van der Waals surface area contributed by atoms with E-state index < -0.39 is 11.5 Å². The normalized spacial score (nSPS) is 12.0. The summed E-state index contributed by atoms with van der Waals surface area (Å²) in [6, 6.07) is 20.4. The van der Waals surface area contributed by atoms with E-state index in [0.29, 0.717) is 17.3 Å². The van der Waals surface area contributed by atoms with E-state index in [1.54, 1.807) is 12.1 Å². The van der Waals surface area contributed by atoms with Crippen LogP contribution in [0, 0.1) is 0 Å². The lowest BCUT2D eigenvalue weighted by molar-refractivity contribution is 0.0933. The van der Waals surface area contributed by atoms with E-state index in [1.165, 1.54) is 0 Å². The monoisotopic (exact) mass is 423 g/mol. The number of nitrogens with zero attached hydrogens (tertiary/aromatic N) is 1. The first-order chi connectivity index (χ1) is 14.5. The summed E-state index contributed by atoms with van der Waals surface area (Å²) in [4.78, 5) is 30.3. The zero-order chi connectivity index (χ0) is 21.5. The van der Waals surface area contributed by atoms with Gasteiger partial charge < -0.3 is 10.3 Å². The number of carbonyl (C=O) groups is 1. The summed E-state index contributed by atoms with van der Waals surface area (Å²) >= 11 is 6.42. The summed E-state index contributed by atoms with van der Waals surface area (Å²) in [5.41, 5.74) is 2.20. The number of aromatic amines is 1. The van der Waals surface area contributed by atoms with Crippen LogP contribution in [0.4, 0.5) is 0 Å². The lowest BCUT2D eigenvalue weighted by atomic mass is 10.0. The second kappa shape index (κ2) is 10.2. The second-order valence-corrected chi connectivity index (χ2v) is 7.36. The minimum absolute atomic E-state index is 0.0830. The maximum absolute atomic E-state index is 12.8. The first-order valence-corrected chi connectivity index (χ1v) is 10.5. The van der Waals surface area contributed by atoms with Crippen molar-refractivity contribution in [3.05, 3.63) is 93.2 Å². The van der Waals surface area contributed by atoms with Gasteiger partial charge in [0, 0.05) is 17.3 Å². The number of halogens is 1. The molecule has 5 nitrogen and oxygen atoms in total. The number of carbonyl (C=O) groups excluding carboxylic acids is 1. The molecule has 1 unspecified atom stereocenters. The van der Waals surface area contributed by atoms with Gasteiger partial charge in [-0.1, -0.05) is 74.0 Å². The minimum Gasteiger partial charge on any atom is -0.350 e. The first kappa shape index (κ1) is 21.8. The minimum atomic E-state index is -0.411.